The van der Waals surface area contributed by atoms with Crippen molar-refractivity contribution in [3.05, 3.63) is 102 Å². The third-order valence-corrected chi connectivity index (χ3v) is 5.57. The van der Waals surface area contributed by atoms with Crippen LogP contribution in [0.5, 0.6) is 0 Å². The van der Waals surface area contributed by atoms with Gasteiger partial charge in [-0.25, -0.2) is 18.7 Å². The normalized spacial score (nSPS) is 12.2. The standard InChI is InChI=1S/C25H18FN3O4/c26-15-9-11-16(12-10-15)29-23(13-22(28-29)24(30)31)27-25(32)33-14-21-19-7-3-1-5-17(19)18-6-2-4-8-20(18)21/h1-13,21H,14H2,(H,27,32)(H,30,31). The Labute approximate surface area is 188 Å². The van der Waals surface area contributed by atoms with E-state index >= 15 is 0 Å². The summed E-state index contributed by atoms with van der Waals surface area (Å²) >= 11 is 0. The molecule has 1 amide bonds. The molecule has 4 aromatic rings. The lowest BCUT2D eigenvalue weighted by molar-refractivity contribution is 0.0690. The molecule has 0 fully saturated rings. The highest BCUT2D eigenvalue weighted by atomic mass is 19.1. The molecule has 0 spiro atoms. The van der Waals surface area contributed by atoms with Crippen molar-refractivity contribution >= 4 is 17.9 Å². The highest BCUT2D eigenvalue weighted by Crippen LogP contribution is 2.44. The van der Waals surface area contributed by atoms with Gasteiger partial charge in [0.05, 0.1) is 5.69 Å². The van der Waals surface area contributed by atoms with Gasteiger partial charge in [-0.3, -0.25) is 5.32 Å². The first-order valence-corrected chi connectivity index (χ1v) is 10.2. The second kappa shape index (κ2) is 8.23. The van der Waals surface area contributed by atoms with Gasteiger partial charge in [-0.15, -0.1) is 0 Å². The van der Waals surface area contributed by atoms with E-state index in [9.17, 15) is 19.1 Å². The number of carbonyl (C=O) groups excluding carboxylic acids is 1. The second-order valence-corrected chi connectivity index (χ2v) is 7.56. The Morgan fingerprint density at radius 1 is 0.970 bits per heavy atom. The van der Waals surface area contributed by atoms with Crippen LogP contribution >= 0.6 is 0 Å². The van der Waals surface area contributed by atoms with E-state index in [1.807, 2.05) is 48.5 Å². The van der Waals surface area contributed by atoms with Crippen LogP contribution in [0.25, 0.3) is 16.8 Å². The molecule has 1 aromatic heterocycles. The molecule has 0 saturated carbocycles. The summed E-state index contributed by atoms with van der Waals surface area (Å²) in [6, 6.07) is 22.5. The highest BCUT2D eigenvalue weighted by Gasteiger charge is 2.29. The van der Waals surface area contributed by atoms with Crippen LogP contribution in [-0.4, -0.2) is 33.6 Å². The summed E-state index contributed by atoms with van der Waals surface area (Å²) in [5, 5.41) is 15.8. The minimum Gasteiger partial charge on any atom is -0.476 e. The quantitative estimate of drug-likeness (QED) is 0.449. The number of nitrogens with zero attached hydrogens (tertiary/aromatic N) is 2. The van der Waals surface area contributed by atoms with E-state index in [0.29, 0.717) is 5.69 Å². The Balaban J connectivity index is 1.36. The monoisotopic (exact) mass is 443 g/mol. The summed E-state index contributed by atoms with van der Waals surface area (Å²) < 4.78 is 20.0. The fraction of sp³-hybridized carbons (Fsp3) is 0.0800. The number of halogens is 1. The van der Waals surface area contributed by atoms with E-state index < -0.39 is 17.9 Å². The van der Waals surface area contributed by atoms with Gasteiger partial charge in [0.1, 0.15) is 18.2 Å². The van der Waals surface area contributed by atoms with Gasteiger partial charge in [0, 0.05) is 12.0 Å². The molecule has 8 heteroatoms. The number of nitrogens with one attached hydrogen (secondary N) is 1. The maximum Gasteiger partial charge on any atom is 0.412 e. The zero-order valence-electron chi connectivity index (χ0n) is 17.2. The number of anilines is 1. The van der Waals surface area contributed by atoms with E-state index in [2.05, 4.69) is 10.4 Å². The molecule has 7 nitrogen and oxygen atoms in total. The topological polar surface area (TPSA) is 93.5 Å². The summed E-state index contributed by atoms with van der Waals surface area (Å²) in [4.78, 5) is 24.0. The van der Waals surface area contributed by atoms with Crippen LogP contribution in [0.2, 0.25) is 0 Å². The summed E-state index contributed by atoms with van der Waals surface area (Å²) in [7, 11) is 0. The van der Waals surface area contributed by atoms with Crippen LogP contribution in [0.15, 0.2) is 78.9 Å². The average Bonchev–Trinajstić information content (AvgIpc) is 3.38. The van der Waals surface area contributed by atoms with Crippen LogP contribution in [0.3, 0.4) is 0 Å². The van der Waals surface area contributed by atoms with Gasteiger partial charge in [0.25, 0.3) is 0 Å². The van der Waals surface area contributed by atoms with Crippen molar-refractivity contribution in [2.24, 2.45) is 0 Å². The zero-order chi connectivity index (χ0) is 22.9. The van der Waals surface area contributed by atoms with E-state index in [-0.39, 0.29) is 24.0 Å². The van der Waals surface area contributed by atoms with Crippen molar-refractivity contribution < 1.29 is 23.8 Å². The Hall–Kier alpha value is -4.46. The summed E-state index contributed by atoms with van der Waals surface area (Å²) in [5.41, 5.74) is 4.50. The lowest BCUT2D eigenvalue weighted by Crippen LogP contribution is -2.19. The first-order chi connectivity index (χ1) is 16.0. The van der Waals surface area contributed by atoms with Gasteiger partial charge >= 0.3 is 12.1 Å². The number of fused-ring (bicyclic) bond motifs is 3. The Morgan fingerprint density at radius 3 is 2.18 bits per heavy atom. The summed E-state index contributed by atoms with van der Waals surface area (Å²) in [6.07, 6.45) is -0.753. The number of amides is 1. The van der Waals surface area contributed by atoms with Crippen LogP contribution in [0, 0.1) is 5.82 Å². The van der Waals surface area contributed by atoms with Gasteiger partial charge in [0.15, 0.2) is 5.69 Å². The van der Waals surface area contributed by atoms with Gasteiger partial charge in [-0.05, 0) is 46.5 Å². The molecule has 5 rings (SSSR count). The number of benzene rings is 3. The summed E-state index contributed by atoms with van der Waals surface area (Å²) in [6.45, 7) is 0.107. The van der Waals surface area contributed by atoms with Crippen molar-refractivity contribution in [1.29, 1.82) is 0 Å². The number of aromatic nitrogens is 2. The SMILES string of the molecule is O=C(Nc1cc(C(=O)O)nn1-c1ccc(F)cc1)OCC1c2ccccc2-c2ccccc21. The number of carboxylic acid groups (broad SMARTS) is 1. The fourth-order valence-electron chi connectivity index (χ4n) is 4.09. The largest absolute Gasteiger partial charge is 0.476 e. The van der Waals surface area contributed by atoms with E-state index in [0.717, 1.165) is 22.3 Å². The molecule has 1 heterocycles. The molecule has 0 radical (unpaired) electrons. The molecule has 0 atom stereocenters. The van der Waals surface area contributed by atoms with Crippen LogP contribution in [0.4, 0.5) is 15.0 Å². The van der Waals surface area contributed by atoms with Gasteiger partial charge in [0.2, 0.25) is 0 Å². The van der Waals surface area contributed by atoms with Gasteiger partial charge in [-0.1, -0.05) is 48.5 Å². The number of hydrogen-bond acceptors (Lipinski definition) is 4. The van der Waals surface area contributed by atoms with Crippen LogP contribution in [-0.2, 0) is 4.74 Å². The van der Waals surface area contributed by atoms with Crippen molar-refractivity contribution in [2.45, 2.75) is 5.92 Å². The molecular formula is C25H18FN3O4. The number of carbonyl (C=O) groups is 2. The highest BCUT2D eigenvalue weighted by molar-refractivity contribution is 5.90. The smallest absolute Gasteiger partial charge is 0.412 e. The molecule has 3 aromatic carbocycles. The number of hydrogen-bond donors (Lipinski definition) is 2. The van der Waals surface area contributed by atoms with Crippen molar-refractivity contribution in [1.82, 2.24) is 9.78 Å². The Bertz CT molecular complexity index is 1320. The number of rotatable bonds is 5. The third kappa shape index (κ3) is 3.82. The Morgan fingerprint density at radius 2 is 1.58 bits per heavy atom. The number of aromatic carboxylic acids is 1. The van der Waals surface area contributed by atoms with Crippen molar-refractivity contribution in [3.63, 3.8) is 0 Å². The first kappa shape index (κ1) is 20.4. The molecule has 164 valence electrons. The fourth-order valence-corrected chi connectivity index (χ4v) is 4.09. The van der Waals surface area contributed by atoms with Crippen molar-refractivity contribution in [3.8, 4) is 16.8 Å². The summed E-state index contributed by atoms with van der Waals surface area (Å²) in [5.74, 6) is -1.72. The molecule has 0 saturated heterocycles. The van der Waals surface area contributed by atoms with Crippen molar-refractivity contribution in [2.75, 3.05) is 11.9 Å². The van der Waals surface area contributed by atoms with Gasteiger partial charge < -0.3 is 9.84 Å². The molecule has 1 aliphatic rings. The van der Waals surface area contributed by atoms with E-state index in [1.165, 1.54) is 35.0 Å². The lowest BCUT2D eigenvalue weighted by Gasteiger charge is -2.15. The molecular weight excluding hydrogens is 425 g/mol. The molecule has 0 unspecified atom stereocenters. The number of carboxylic acids is 1. The molecule has 2 N–H and O–H groups in total. The minimum atomic E-state index is -1.26. The number of ether oxygens (including phenoxy) is 1. The third-order valence-electron chi connectivity index (χ3n) is 5.57. The van der Waals surface area contributed by atoms with Crippen LogP contribution in [0.1, 0.15) is 27.5 Å². The average molecular weight is 443 g/mol. The lowest BCUT2D eigenvalue weighted by atomic mass is 9.98. The predicted molar refractivity (Wildman–Crippen MR) is 119 cm³/mol. The maximum atomic E-state index is 13.3. The van der Waals surface area contributed by atoms with Crippen LogP contribution < -0.4 is 5.32 Å². The molecule has 0 bridgehead atoms. The van der Waals surface area contributed by atoms with E-state index in [1.54, 1.807) is 0 Å². The Kier molecular flexibility index (Phi) is 5.10. The first-order valence-electron chi connectivity index (χ1n) is 10.2. The second-order valence-electron chi connectivity index (χ2n) is 7.56. The minimum absolute atomic E-state index is 0.0937. The predicted octanol–water partition coefficient (Wildman–Crippen LogP) is 5.07. The zero-order valence-corrected chi connectivity index (χ0v) is 17.2. The molecule has 1 aliphatic carbocycles. The van der Waals surface area contributed by atoms with E-state index in [4.69, 9.17) is 4.74 Å². The molecule has 33 heavy (non-hydrogen) atoms. The van der Waals surface area contributed by atoms with Gasteiger partial charge in [-0.2, -0.15) is 5.10 Å². The molecule has 0 aliphatic heterocycles. The maximum absolute atomic E-state index is 13.3.